The van der Waals surface area contributed by atoms with Crippen LogP contribution >= 0.6 is 11.3 Å². The van der Waals surface area contributed by atoms with E-state index in [0.29, 0.717) is 22.8 Å². The van der Waals surface area contributed by atoms with Crippen molar-refractivity contribution < 1.29 is 13.9 Å². The zero-order chi connectivity index (χ0) is 21.9. The summed E-state index contributed by atoms with van der Waals surface area (Å²) in [6, 6.07) is 22.8. The molecule has 5 aromatic rings. The summed E-state index contributed by atoms with van der Waals surface area (Å²) in [4.78, 5) is 28.9. The van der Waals surface area contributed by atoms with Crippen molar-refractivity contribution in [3.8, 4) is 0 Å². The maximum atomic E-state index is 12.6. The van der Waals surface area contributed by atoms with Gasteiger partial charge in [-0.15, -0.1) is 11.3 Å². The fraction of sp³-hybridized carbons (Fsp3) is 0.0800. The van der Waals surface area contributed by atoms with Crippen LogP contribution in [-0.2, 0) is 17.9 Å². The normalized spacial score (nSPS) is 11.0. The van der Waals surface area contributed by atoms with Gasteiger partial charge in [0, 0.05) is 28.9 Å². The fourth-order valence-electron chi connectivity index (χ4n) is 3.57. The van der Waals surface area contributed by atoms with E-state index in [4.69, 9.17) is 9.15 Å². The number of carbonyl (C=O) groups is 1. The number of nitrogens with zero attached hydrogens (tertiary/aromatic N) is 1. The summed E-state index contributed by atoms with van der Waals surface area (Å²) in [7, 11) is 0. The lowest BCUT2D eigenvalue weighted by atomic mass is 10.0. The van der Waals surface area contributed by atoms with Gasteiger partial charge in [0.05, 0.1) is 0 Å². The second kappa shape index (κ2) is 8.64. The first-order valence-corrected chi connectivity index (χ1v) is 10.9. The Morgan fingerprint density at radius 3 is 2.72 bits per heavy atom. The predicted molar refractivity (Wildman–Crippen MR) is 125 cm³/mol. The van der Waals surface area contributed by atoms with E-state index in [1.165, 1.54) is 17.4 Å². The van der Waals surface area contributed by atoms with Crippen molar-refractivity contribution in [2.45, 2.75) is 13.2 Å². The number of nitrogens with one attached hydrogen (secondary N) is 1. The molecule has 32 heavy (non-hydrogen) atoms. The third kappa shape index (κ3) is 4.10. The van der Waals surface area contributed by atoms with Crippen LogP contribution in [0.1, 0.15) is 21.6 Å². The third-order valence-electron chi connectivity index (χ3n) is 5.07. The van der Waals surface area contributed by atoms with E-state index in [2.05, 4.69) is 10.3 Å². The molecular formula is C25H18N2O4S. The summed E-state index contributed by atoms with van der Waals surface area (Å²) in [5.74, 6) is -0.546. The number of aromatic nitrogens is 1. The number of thiazole rings is 1. The Morgan fingerprint density at radius 1 is 1.03 bits per heavy atom. The molecule has 7 heteroatoms. The van der Waals surface area contributed by atoms with E-state index in [1.807, 2.05) is 60.7 Å². The number of esters is 1. The molecule has 0 aliphatic carbocycles. The lowest BCUT2D eigenvalue weighted by Gasteiger charge is -2.09. The van der Waals surface area contributed by atoms with Gasteiger partial charge >= 0.3 is 11.6 Å². The van der Waals surface area contributed by atoms with Crippen LogP contribution in [0.5, 0.6) is 0 Å². The second-order valence-electron chi connectivity index (χ2n) is 7.20. The molecule has 6 nitrogen and oxygen atoms in total. The van der Waals surface area contributed by atoms with Crippen LogP contribution < -0.4 is 10.9 Å². The van der Waals surface area contributed by atoms with Gasteiger partial charge < -0.3 is 14.5 Å². The number of hydrogen-bond acceptors (Lipinski definition) is 7. The quantitative estimate of drug-likeness (QED) is 0.216. The highest BCUT2D eigenvalue weighted by atomic mass is 32.1. The maximum absolute atomic E-state index is 12.6. The molecule has 0 atom stereocenters. The zero-order valence-corrected chi connectivity index (χ0v) is 17.7. The molecule has 0 aliphatic rings. The van der Waals surface area contributed by atoms with Crippen molar-refractivity contribution in [2.75, 3.05) is 5.32 Å². The highest BCUT2D eigenvalue weighted by molar-refractivity contribution is 7.13. The van der Waals surface area contributed by atoms with Crippen molar-refractivity contribution in [1.29, 1.82) is 0 Å². The molecule has 0 spiro atoms. The number of benzene rings is 3. The van der Waals surface area contributed by atoms with E-state index >= 15 is 0 Å². The van der Waals surface area contributed by atoms with Gasteiger partial charge in [0.15, 0.2) is 10.8 Å². The number of anilines is 1. The molecule has 0 amide bonds. The van der Waals surface area contributed by atoms with Gasteiger partial charge in [0.2, 0.25) is 0 Å². The molecule has 158 valence electrons. The third-order valence-corrected chi connectivity index (χ3v) is 5.87. The minimum absolute atomic E-state index is 0.0563. The molecule has 0 saturated carbocycles. The number of hydrogen-bond donors (Lipinski definition) is 1. The largest absolute Gasteiger partial charge is 0.456 e. The summed E-state index contributed by atoms with van der Waals surface area (Å²) < 4.78 is 10.9. The average molecular weight is 442 g/mol. The van der Waals surface area contributed by atoms with Crippen LogP contribution in [0.4, 0.5) is 5.13 Å². The SMILES string of the molecule is O=C(OCc1cc(=O)oc2ccc3ccccc3c12)c1csc(NCc2ccccc2)n1. The minimum atomic E-state index is -0.546. The summed E-state index contributed by atoms with van der Waals surface area (Å²) in [5, 5.41) is 8.20. The Balaban J connectivity index is 1.34. The monoisotopic (exact) mass is 442 g/mol. The van der Waals surface area contributed by atoms with Gasteiger partial charge in [-0.3, -0.25) is 0 Å². The average Bonchev–Trinajstić information content (AvgIpc) is 3.30. The van der Waals surface area contributed by atoms with Crippen molar-refractivity contribution in [3.63, 3.8) is 0 Å². The first kappa shape index (κ1) is 20.0. The molecule has 5 rings (SSSR count). The van der Waals surface area contributed by atoms with Crippen molar-refractivity contribution in [3.05, 3.63) is 105 Å². The number of carbonyl (C=O) groups excluding carboxylic acids is 1. The van der Waals surface area contributed by atoms with E-state index in [9.17, 15) is 9.59 Å². The second-order valence-corrected chi connectivity index (χ2v) is 8.06. The van der Waals surface area contributed by atoms with E-state index < -0.39 is 11.6 Å². The van der Waals surface area contributed by atoms with Gasteiger partial charge in [0.1, 0.15) is 12.2 Å². The van der Waals surface area contributed by atoms with Crippen LogP contribution in [0.3, 0.4) is 0 Å². The molecule has 0 unspecified atom stereocenters. The summed E-state index contributed by atoms with van der Waals surface area (Å²) >= 11 is 1.34. The first-order chi connectivity index (χ1) is 15.7. The molecular weight excluding hydrogens is 424 g/mol. The Kier molecular flexibility index (Phi) is 5.39. The predicted octanol–water partition coefficient (Wildman–Crippen LogP) is 5.37. The Morgan fingerprint density at radius 2 is 1.84 bits per heavy atom. The van der Waals surface area contributed by atoms with Gasteiger partial charge in [-0.05, 0) is 22.4 Å². The van der Waals surface area contributed by atoms with Crippen molar-refractivity contribution in [2.24, 2.45) is 0 Å². The standard InChI is InChI=1S/C25H18N2O4S/c28-22-12-18(23-19-9-5-4-8-17(19)10-11-21(23)31-22)14-30-24(29)20-15-32-25(27-20)26-13-16-6-2-1-3-7-16/h1-12,15H,13-14H2,(H,26,27). The number of ether oxygens (including phenoxy) is 1. The van der Waals surface area contributed by atoms with Crippen LogP contribution in [0.15, 0.2) is 87.4 Å². The Bertz CT molecular complexity index is 1470. The van der Waals surface area contributed by atoms with Gasteiger partial charge in [0.25, 0.3) is 0 Å². The smallest absolute Gasteiger partial charge is 0.358 e. The van der Waals surface area contributed by atoms with Crippen LogP contribution in [-0.4, -0.2) is 11.0 Å². The van der Waals surface area contributed by atoms with Crippen LogP contribution in [0.25, 0.3) is 21.7 Å². The summed E-state index contributed by atoms with van der Waals surface area (Å²) in [6.45, 7) is 0.556. The Hall–Kier alpha value is -3.97. The number of rotatable bonds is 6. The molecule has 3 aromatic carbocycles. The van der Waals surface area contributed by atoms with E-state index in [0.717, 1.165) is 21.7 Å². The number of fused-ring (bicyclic) bond motifs is 3. The molecule has 0 aliphatic heterocycles. The molecule has 0 saturated heterocycles. The highest BCUT2D eigenvalue weighted by Crippen LogP contribution is 2.28. The maximum Gasteiger partial charge on any atom is 0.358 e. The van der Waals surface area contributed by atoms with E-state index in [1.54, 1.807) is 11.4 Å². The van der Waals surface area contributed by atoms with E-state index in [-0.39, 0.29) is 12.3 Å². The van der Waals surface area contributed by atoms with Gasteiger partial charge in [-0.25, -0.2) is 14.6 Å². The van der Waals surface area contributed by atoms with Crippen molar-refractivity contribution in [1.82, 2.24) is 4.98 Å². The zero-order valence-electron chi connectivity index (χ0n) is 16.9. The van der Waals surface area contributed by atoms with Gasteiger partial charge in [-0.1, -0.05) is 60.7 Å². The molecule has 0 radical (unpaired) electrons. The molecule has 0 bridgehead atoms. The van der Waals surface area contributed by atoms with Gasteiger partial charge in [-0.2, -0.15) is 0 Å². The Labute approximate surface area is 187 Å². The van der Waals surface area contributed by atoms with Crippen molar-refractivity contribution >= 4 is 44.2 Å². The fourth-order valence-corrected chi connectivity index (χ4v) is 4.25. The first-order valence-electron chi connectivity index (χ1n) is 10.0. The lowest BCUT2D eigenvalue weighted by Crippen LogP contribution is -2.09. The van der Waals surface area contributed by atoms with Crippen LogP contribution in [0.2, 0.25) is 0 Å². The molecule has 0 fully saturated rings. The van der Waals surface area contributed by atoms with Crippen LogP contribution in [0, 0.1) is 0 Å². The molecule has 2 aromatic heterocycles. The summed E-state index contributed by atoms with van der Waals surface area (Å²) in [5.41, 5.74) is 1.92. The minimum Gasteiger partial charge on any atom is -0.456 e. The molecule has 1 N–H and O–H groups in total. The topological polar surface area (TPSA) is 81.4 Å². The summed E-state index contributed by atoms with van der Waals surface area (Å²) in [6.07, 6.45) is 0. The lowest BCUT2D eigenvalue weighted by molar-refractivity contribution is 0.0468. The highest BCUT2D eigenvalue weighted by Gasteiger charge is 2.15. The molecule has 2 heterocycles.